The van der Waals surface area contributed by atoms with Gasteiger partial charge < -0.3 is 14.2 Å². The Morgan fingerprint density at radius 1 is 1.21 bits per heavy atom. The zero-order chi connectivity index (χ0) is 17.9. The number of nitrogens with zero attached hydrogens (tertiary/aromatic N) is 1. The van der Waals surface area contributed by atoms with E-state index in [1.165, 1.54) is 12.3 Å². The maximum atomic E-state index is 13.7. The molecule has 0 amide bonds. The van der Waals surface area contributed by atoms with Gasteiger partial charge in [0.1, 0.15) is 21.7 Å². The molecule has 0 aliphatic heterocycles. The van der Waals surface area contributed by atoms with Gasteiger partial charge in [0.15, 0.2) is 11.6 Å². The van der Waals surface area contributed by atoms with E-state index in [1.54, 1.807) is 0 Å². The number of ether oxygens (including phenoxy) is 3. The molecule has 0 atom stereocenters. The Morgan fingerprint density at radius 2 is 1.92 bits per heavy atom. The largest absolute Gasteiger partial charge is 0.573 e. The van der Waals surface area contributed by atoms with Crippen molar-refractivity contribution in [2.75, 3.05) is 7.11 Å². The van der Waals surface area contributed by atoms with E-state index in [9.17, 15) is 22.4 Å². The van der Waals surface area contributed by atoms with E-state index in [0.29, 0.717) is 10.7 Å². The molecule has 2 rings (SSSR count). The van der Waals surface area contributed by atoms with Crippen LogP contribution in [-0.2, 0) is 4.74 Å². The fraction of sp³-hybridized carbons (Fsp3) is 0.143. The Labute approximate surface area is 141 Å². The van der Waals surface area contributed by atoms with Crippen molar-refractivity contribution < 1.29 is 36.6 Å². The van der Waals surface area contributed by atoms with E-state index in [4.69, 9.17) is 4.74 Å². The van der Waals surface area contributed by atoms with Crippen LogP contribution in [0.25, 0.3) is 0 Å². The Hall–Kier alpha value is -2.36. The molecule has 0 aliphatic carbocycles. The maximum absolute atomic E-state index is 13.7. The van der Waals surface area contributed by atoms with Crippen molar-refractivity contribution in [3.05, 3.63) is 46.4 Å². The predicted octanol–water partition coefficient (Wildman–Crippen LogP) is 4.46. The number of aromatic nitrogens is 1. The highest BCUT2D eigenvalue weighted by atomic mass is 79.9. The molecule has 10 heteroatoms. The van der Waals surface area contributed by atoms with Gasteiger partial charge in [-0.05, 0) is 28.1 Å². The Balaban J connectivity index is 2.30. The fourth-order valence-corrected chi connectivity index (χ4v) is 1.95. The summed E-state index contributed by atoms with van der Waals surface area (Å²) in [6.07, 6.45) is -3.85. The van der Waals surface area contributed by atoms with Gasteiger partial charge in [-0.15, -0.1) is 13.2 Å². The number of methoxy groups -OCH3 is 1. The molecule has 24 heavy (non-hydrogen) atoms. The van der Waals surface area contributed by atoms with Crippen molar-refractivity contribution in [2.45, 2.75) is 6.36 Å². The number of hydrogen-bond acceptors (Lipinski definition) is 5. The van der Waals surface area contributed by atoms with Gasteiger partial charge in [-0.3, -0.25) is 0 Å². The number of esters is 1. The number of hydrogen-bond donors (Lipinski definition) is 0. The Morgan fingerprint density at radius 3 is 2.50 bits per heavy atom. The molecule has 0 N–H and O–H groups in total. The number of alkyl halides is 3. The quantitative estimate of drug-likeness (QED) is 0.423. The predicted molar refractivity (Wildman–Crippen MR) is 76.4 cm³/mol. The van der Waals surface area contributed by atoms with Gasteiger partial charge in [0, 0.05) is 18.3 Å². The third-order valence-corrected chi connectivity index (χ3v) is 3.03. The summed E-state index contributed by atoms with van der Waals surface area (Å²) in [6, 6.07) is 3.83. The molecule has 0 bridgehead atoms. The average Bonchev–Trinajstić information content (AvgIpc) is 2.48. The minimum atomic E-state index is -5.02. The Bertz CT molecular complexity index is 767. The van der Waals surface area contributed by atoms with Crippen molar-refractivity contribution in [1.82, 2.24) is 4.98 Å². The Kier molecular flexibility index (Phi) is 5.27. The molecule has 2 aromatic rings. The normalized spacial score (nSPS) is 11.1. The molecule has 0 unspecified atom stereocenters. The first-order valence-corrected chi connectivity index (χ1v) is 6.96. The number of carbonyl (C=O) groups is 1. The zero-order valence-electron chi connectivity index (χ0n) is 11.9. The zero-order valence-corrected chi connectivity index (χ0v) is 13.4. The van der Waals surface area contributed by atoms with Crippen LogP contribution in [-0.4, -0.2) is 24.4 Å². The minimum Gasteiger partial charge on any atom is -0.465 e. The number of halogens is 5. The van der Waals surface area contributed by atoms with Crippen molar-refractivity contribution >= 4 is 21.9 Å². The molecule has 0 saturated heterocycles. The highest BCUT2D eigenvalue weighted by Gasteiger charge is 2.32. The van der Waals surface area contributed by atoms with Gasteiger partial charge in [0.05, 0.1) is 7.11 Å². The van der Waals surface area contributed by atoms with Crippen molar-refractivity contribution in [1.29, 1.82) is 0 Å². The van der Waals surface area contributed by atoms with E-state index in [0.717, 1.165) is 19.2 Å². The molecule has 1 heterocycles. The van der Waals surface area contributed by atoms with E-state index >= 15 is 0 Å². The minimum absolute atomic E-state index is 0.0207. The van der Waals surface area contributed by atoms with E-state index < -0.39 is 23.9 Å². The molecular formula is C14H8BrF4NO4. The van der Waals surface area contributed by atoms with Gasteiger partial charge in [0.2, 0.25) is 0 Å². The van der Waals surface area contributed by atoms with Crippen LogP contribution >= 0.6 is 15.9 Å². The number of pyridine rings is 1. The van der Waals surface area contributed by atoms with Gasteiger partial charge in [-0.25, -0.2) is 14.2 Å². The molecule has 1 aromatic carbocycles. The first kappa shape index (κ1) is 18.0. The molecule has 0 aliphatic rings. The van der Waals surface area contributed by atoms with Crippen LogP contribution in [0.3, 0.4) is 0 Å². The number of rotatable bonds is 4. The van der Waals surface area contributed by atoms with Gasteiger partial charge in [-0.2, -0.15) is 0 Å². The third-order valence-electron chi connectivity index (χ3n) is 2.59. The lowest BCUT2D eigenvalue weighted by Gasteiger charge is -2.12. The first-order valence-electron chi connectivity index (χ1n) is 6.16. The summed E-state index contributed by atoms with van der Waals surface area (Å²) in [6.45, 7) is 0. The van der Waals surface area contributed by atoms with Crippen LogP contribution in [0.1, 0.15) is 10.4 Å². The molecule has 5 nitrogen and oxygen atoms in total. The number of benzene rings is 1. The fourth-order valence-electron chi connectivity index (χ4n) is 1.64. The van der Waals surface area contributed by atoms with Gasteiger partial charge in [0.25, 0.3) is 0 Å². The van der Waals surface area contributed by atoms with Crippen LogP contribution in [0.5, 0.6) is 17.2 Å². The molecule has 1 aromatic heterocycles. The van der Waals surface area contributed by atoms with Gasteiger partial charge >= 0.3 is 12.3 Å². The molecule has 0 spiro atoms. The van der Waals surface area contributed by atoms with Crippen molar-refractivity contribution in [2.24, 2.45) is 0 Å². The first-order chi connectivity index (χ1) is 11.2. The summed E-state index contributed by atoms with van der Waals surface area (Å²) in [5.74, 6) is -3.20. The summed E-state index contributed by atoms with van der Waals surface area (Å²) >= 11 is 3.08. The lowest BCUT2D eigenvalue weighted by molar-refractivity contribution is -0.275. The molecule has 0 radical (unpaired) electrons. The van der Waals surface area contributed by atoms with Crippen LogP contribution in [0.4, 0.5) is 17.6 Å². The second-order valence-electron chi connectivity index (χ2n) is 4.24. The summed E-state index contributed by atoms with van der Waals surface area (Å²) in [4.78, 5) is 15.5. The smallest absolute Gasteiger partial charge is 0.465 e. The van der Waals surface area contributed by atoms with Gasteiger partial charge in [-0.1, -0.05) is 0 Å². The third kappa shape index (κ3) is 4.57. The SMILES string of the molecule is COC(=O)c1cnc(Br)cc1Oc1ccc(OC(F)(F)F)c(F)c1. The molecular weight excluding hydrogens is 402 g/mol. The van der Waals surface area contributed by atoms with Crippen LogP contribution in [0.15, 0.2) is 35.1 Å². The summed E-state index contributed by atoms with van der Waals surface area (Å²) in [5.41, 5.74) is -0.0447. The summed E-state index contributed by atoms with van der Waals surface area (Å²) < 4.78 is 63.7. The highest BCUT2D eigenvalue weighted by Crippen LogP contribution is 2.32. The van der Waals surface area contributed by atoms with E-state index in [2.05, 4.69) is 30.4 Å². The molecule has 0 fully saturated rings. The topological polar surface area (TPSA) is 57.7 Å². The second-order valence-corrected chi connectivity index (χ2v) is 5.05. The van der Waals surface area contributed by atoms with Crippen LogP contribution < -0.4 is 9.47 Å². The highest BCUT2D eigenvalue weighted by molar-refractivity contribution is 9.10. The van der Waals surface area contributed by atoms with E-state index in [-0.39, 0.29) is 17.1 Å². The monoisotopic (exact) mass is 409 g/mol. The second kappa shape index (κ2) is 7.04. The summed E-state index contributed by atoms with van der Waals surface area (Å²) in [5, 5.41) is 0. The lowest BCUT2D eigenvalue weighted by atomic mass is 10.2. The molecule has 0 saturated carbocycles. The standard InChI is InChI=1S/C14H8BrF4NO4/c1-22-13(21)8-6-20-12(15)5-11(8)23-7-2-3-10(9(16)4-7)24-14(17,18)19/h2-6H,1H3. The van der Waals surface area contributed by atoms with Crippen molar-refractivity contribution in [3.8, 4) is 17.2 Å². The maximum Gasteiger partial charge on any atom is 0.573 e. The van der Waals surface area contributed by atoms with Crippen LogP contribution in [0.2, 0.25) is 0 Å². The van der Waals surface area contributed by atoms with E-state index in [1.807, 2.05) is 0 Å². The number of carbonyl (C=O) groups excluding carboxylic acids is 1. The average molecular weight is 410 g/mol. The van der Waals surface area contributed by atoms with Crippen LogP contribution in [0, 0.1) is 5.82 Å². The lowest BCUT2D eigenvalue weighted by Crippen LogP contribution is -2.17. The summed E-state index contributed by atoms with van der Waals surface area (Å²) in [7, 11) is 1.15. The molecule has 128 valence electrons. The van der Waals surface area contributed by atoms with Crippen molar-refractivity contribution in [3.63, 3.8) is 0 Å².